The predicted molar refractivity (Wildman–Crippen MR) is 76.1 cm³/mol. The zero-order valence-corrected chi connectivity index (χ0v) is 11.4. The average Bonchev–Trinajstić information content (AvgIpc) is 2.91. The van der Waals surface area contributed by atoms with Crippen LogP contribution in [0.3, 0.4) is 0 Å². The Morgan fingerprint density at radius 1 is 1.50 bits per heavy atom. The third kappa shape index (κ3) is 4.66. The molecule has 0 aliphatic carbocycles. The first kappa shape index (κ1) is 13.4. The molecule has 2 heterocycles. The van der Waals surface area contributed by atoms with E-state index in [-0.39, 0.29) is 0 Å². The maximum absolute atomic E-state index is 5.84. The molecule has 1 saturated heterocycles. The van der Waals surface area contributed by atoms with E-state index in [2.05, 4.69) is 27.8 Å². The maximum atomic E-state index is 5.84. The minimum Gasteiger partial charge on any atom is -0.381 e. The molecule has 18 heavy (non-hydrogen) atoms. The zero-order valence-electron chi connectivity index (χ0n) is 10.6. The number of nitrogens with two attached hydrogens (primary N) is 1. The molecule has 1 aromatic heterocycles. The Morgan fingerprint density at radius 3 is 3.06 bits per heavy atom. The van der Waals surface area contributed by atoms with Crippen LogP contribution in [0.5, 0.6) is 0 Å². The van der Waals surface area contributed by atoms with Crippen LogP contribution in [0.15, 0.2) is 22.5 Å². The van der Waals surface area contributed by atoms with Crippen molar-refractivity contribution in [1.82, 2.24) is 5.32 Å². The van der Waals surface area contributed by atoms with Gasteiger partial charge in [0, 0.05) is 31.2 Å². The lowest BCUT2D eigenvalue weighted by Crippen LogP contribution is -2.34. The van der Waals surface area contributed by atoms with Crippen LogP contribution in [-0.2, 0) is 11.2 Å². The summed E-state index contributed by atoms with van der Waals surface area (Å²) in [5, 5.41) is 5.26. The van der Waals surface area contributed by atoms with E-state index in [1.165, 1.54) is 4.88 Å². The third-order valence-electron chi connectivity index (χ3n) is 3.12. The Kier molecular flexibility index (Phi) is 5.48. The van der Waals surface area contributed by atoms with E-state index in [1.54, 1.807) is 11.3 Å². The summed E-state index contributed by atoms with van der Waals surface area (Å²) in [6.45, 7) is 3.41. The van der Waals surface area contributed by atoms with Gasteiger partial charge < -0.3 is 15.8 Å². The normalized spacial score (nSPS) is 17.9. The summed E-state index contributed by atoms with van der Waals surface area (Å²) in [4.78, 5) is 5.77. The van der Waals surface area contributed by atoms with Crippen molar-refractivity contribution in [2.45, 2.75) is 19.3 Å². The Balaban J connectivity index is 1.62. The Labute approximate surface area is 112 Å². The number of hydrogen-bond donors (Lipinski definition) is 2. The third-order valence-corrected chi connectivity index (χ3v) is 4.05. The van der Waals surface area contributed by atoms with Crippen LogP contribution in [0, 0.1) is 5.92 Å². The molecule has 0 atom stereocenters. The van der Waals surface area contributed by atoms with Crippen molar-refractivity contribution in [3.8, 4) is 0 Å². The Morgan fingerprint density at radius 2 is 2.33 bits per heavy atom. The summed E-state index contributed by atoms with van der Waals surface area (Å²) in [7, 11) is 0. The maximum Gasteiger partial charge on any atom is 0.188 e. The largest absolute Gasteiger partial charge is 0.381 e. The SMILES string of the molecule is NC(=NCC1CCOCC1)NCCc1cccs1. The van der Waals surface area contributed by atoms with Gasteiger partial charge in [-0.25, -0.2) is 0 Å². The molecule has 0 radical (unpaired) electrons. The van der Waals surface area contributed by atoms with Crippen molar-refractivity contribution in [3.05, 3.63) is 22.4 Å². The molecule has 0 bridgehead atoms. The first-order chi connectivity index (χ1) is 8.84. The lowest BCUT2D eigenvalue weighted by atomic mass is 10.0. The lowest BCUT2D eigenvalue weighted by Gasteiger charge is -2.20. The number of ether oxygens (including phenoxy) is 1. The first-order valence-electron chi connectivity index (χ1n) is 6.48. The summed E-state index contributed by atoms with van der Waals surface area (Å²) in [5.74, 6) is 1.20. The molecule has 0 aromatic carbocycles. The van der Waals surface area contributed by atoms with Crippen molar-refractivity contribution >= 4 is 17.3 Å². The van der Waals surface area contributed by atoms with Crippen LogP contribution < -0.4 is 11.1 Å². The molecule has 100 valence electrons. The van der Waals surface area contributed by atoms with E-state index in [0.29, 0.717) is 11.9 Å². The van der Waals surface area contributed by atoms with Crippen LogP contribution in [0.1, 0.15) is 17.7 Å². The van der Waals surface area contributed by atoms with E-state index >= 15 is 0 Å². The average molecular weight is 267 g/mol. The van der Waals surface area contributed by atoms with Gasteiger partial charge in [-0.1, -0.05) is 6.07 Å². The molecule has 1 fully saturated rings. The van der Waals surface area contributed by atoms with Gasteiger partial charge in [0.05, 0.1) is 0 Å². The molecule has 1 aromatic rings. The molecule has 0 unspecified atom stereocenters. The van der Waals surface area contributed by atoms with Gasteiger partial charge >= 0.3 is 0 Å². The van der Waals surface area contributed by atoms with Gasteiger partial charge in [0.15, 0.2) is 5.96 Å². The fraction of sp³-hybridized carbons (Fsp3) is 0.615. The second-order valence-electron chi connectivity index (χ2n) is 4.54. The molecular weight excluding hydrogens is 246 g/mol. The number of thiophene rings is 1. The number of rotatable bonds is 5. The monoisotopic (exact) mass is 267 g/mol. The Hall–Kier alpha value is -1.07. The highest BCUT2D eigenvalue weighted by Crippen LogP contribution is 2.14. The number of nitrogens with one attached hydrogen (secondary N) is 1. The van der Waals surface area contributed by atoms with E-state index in [9.17, 15) is 0 Å². The highest BCUT2D eigenvalue weighted by Gasteiger charge is 2.12. The smallest absolute Gasteiger partial charge is 0.188 e. The quantitative estimate of drug-likeness (QED) is 0.629. The van der Waals surface area contributed by atoms with Crippen molar-refractivity contribution in [2.75, 3.05) is 26.3 Å². The van der Waals surface area contributed by atoms with Gasteiger partial charge in [0.1, 0.15) is 0 Å². The minimum absolute atomic E-state index is 0.568. The topological polar surface area (TPSA) is 59.6 Å². The molecule has 4 nitrogen and oxygen atoms in total. The van der Waals surface area contributed by atoms with Gasteiger partial charge in [-0.2, -0.15) is 0 Å². The van der Waals surface area contributed by atoms with Crippen molar-refractivity contribution < 1.29 is 4.74 Å². The molecule has 0 spiro atoms. The van der Waals surface area contributed by atoms with Crippen LogP contribution in [0.25, 0.3) is 0 Å². The molecule has 1 aliphatic heterocycles. The fourth-order valence-electron chi connectivity index (χ4n) is 1.98. The van der Waals surface area contributed by atoms with Gasteiger partial charge in [-0.3, -0.25) is 4.99 Å². The number of nitrogens with zero attached hydrogens (tertiary/aromatic N) is 1. The highest BCUT2D eigenvalue weighted by atomic mass is 32.1. The van der Waals surface area contributed by atoms with Gasteiger partial charge in [-0.05, 0) is 36.6 Å². The Bertz CT molecular complexity index is 358. The van der Waals surface area contributed by atoms with Crippen LogP contribution in [-0.4, -0.2) is 32.3 Å². The zero-order chi connectivity index (χ0) is 12.6. The molecule has 2 rings (SSSR count). The van der Waals surface area contributed by atoms with Crippen LogP contribution in [0.4, 0.5) is 0 Å². The standard InChI is InChI=1S/C13H21N3OS/c14-13(15-6-3-12-2-1-9-18-12)16-10-11-4-7-17-8-5-11/h1-2,9,11H,3-8,10H2,(H3,14,15,16). The summed E-state index contributed by atoms with van der Waals surface area (Å²) in [6.07, 6.45) is 3.21. The van der Waals surface area contributed by atoms with Gasteiger partial charge in [-0.15, -0.1) is 11.3 Å². The van der Waals surface area contributed by atoms with Gasteiger partial charge in [0.2, 0.25) is 0 Å². The summed E-state index contributed by atoms with van der Waals surface area (Å²) in [6, 6.07) is 4.21. The van der Waals surface area contributed by atoms with E-state index in [4.69, 9.17) is 10.5 Å². The fourth-order valence-corrected chi connectivity index (χ4v) is 2.69. The van der Waals surface area contributed by atoms with E-state index in [1.807, 2.05) is 0 Å². The molecule has 5 heteroatoms. The van der Waals surface area contributed by atoms with Crippen LogP contribution in [0.2, 0.25) is 0 Å². The number of guanidine groups is 1. The van der Waals surface area contributed by atoms with E-state index < -0.39 is 0 Å². The summed E-state index contributed by atoms with van der Waals surface area (Å²) < 4.78 is 5.32. The van der Waals surface area contributed by atoms with Crippen molar-refractivity contribution in [3.63, 3.8) is 0 Å². The summed E-state index contributed by atoms with van der Waals surface area (Å²) in [5.41, 5.74) is 5.84. The van der Waals surface area contributed by atoms with Crippen LogP contribution >= 0.6 is 11.3 Å². The van der Waals surface area contributed by atoms with Crippen molar-refractivity contribution in [1.29, 1.82) is 0 Å². The molecule has 0 saturated carbocycles. The second-order valence-corrected chi connectivity index (χ2v) is 5.57. The number of hydrogen-bond acceptors (Lipinski definition) is 3. The predicted octanol–water partition coefficient (Wildman–Crippen LogP) is 1.62. The minimum atomic E-state index is 0.568. The van der Waals surface area contributed by atoms with E-state index in [0.717, 1.165) is 45.6 Å². The van der Waals surface area contributed by atoms with Gasteiger partial charge in [0.25, 0.3) is 0 Å². The molecule has 0 amide bonds. The molecular formula is C13H21N3OS. The van der Waals surface area contributed by atoms with Crippen molar-refractivity contribution in [2.24, 2.45) is 16.6 Å². The second kappa shape index (κ2) is 7.38. The molecule has 1 aliphatic rings. The summed E-state index contributed by atoms with van der Waals surface area (Å²) >= 11 is 1.78. The molecule has 3 N–H and O–H groups in total. The number of aliphatic imine (C=N–C) groups is 1. The first-order valence-corrected chi connectivity index (χ1v) is 7.36. The highest BCUT2D eigenvalue weighted by molar-refractivity contribution is 7.09. The lowest BCUT2D eigenvalue weighted by molar-refractivity contribution is 0.0689.